The van der Waals surface area contributed by atoms with E-state index in [1.165, 1.54) is 28.8 Å². The van der Waals surface area contributed by atoms with Gasteiger partial charge in [0, 0.05) is 6.07 Å². The van der Waals surface area contributed by atoms with Crippen molar-refractivity contribution in [1.29, 1.82) is 0 Å². The molecule has 1 aromatic rings. The summed E-state index contributed by atoms with van der Waals surface area (Å²) in [6, 6.07) is 2.08. The third-order valence-electron chi connectivity index (χ3n) is 4.60. The SMILES string of the molecule is CSCC[C@H](NC(=O)Oc1ccc(N2CC(F)(F)C2)c(OCC2CC2)n1)C(N)=O. The molecule has 2 heterocycles. The summed E-state index contributed by atoms with van der Waals surface area (Å²) in [6.45, 7) is -0.395. The number of hydrogen-bond donors (Lipinski definition) is 2. The first-order chi connectivity index (χ1) is 13.8. The molecule has 0 radical (unpaired) electrons. The van der Waals surface area contributed by atoms with Gasteiger partial charge in [-0.1, -0.05) is 0 Å². The normalized spacial score (nSPS) is 18.5. The first-order valence-corrected chi connectivity index (χ1v) is 10.7. The van der Waals surface area contributed by atoms with Gasteiger partial charge in [-0.05, 0) is 43.3 Å². The molecule has 0 bridgehead atoms. The third kappa shape index (κ3) is 6.09. The Bertz CT molecular complexity index is 755. The summed E-state index contributed by atoms with van der Waals surface area (Å²) < 4.78 is 37.3. The maximum Gasteiger partial charge on any atom is 0.414 e. The number of hydrogen-bond acceptors (Lipinski definition) is 7. The van der Waals surface area contributed by atoms with Crippen LogP contribution in [-0.4, -0.2) is 60.7 Å². The van der Waals surface area contributed by atoms with Crippen molar-refractivity contribution in [3.8, 4) is 11.8 Å². The van der Waals surface area contributed by atoms with Gasteiger partial charge >= 0.3 is 6.09 Å². The van der Waals surface area contributed by atoms with E-state index in [0.29, 0.717) is 30.4 Å². The van der Waals surface area contributed by atoms with Crippen LogP contribution in [-0.2, 0) is 4.79 Å². The van der Waals surface area contributed by atoms with E-state index in [2.05, 4.69) is 10.3 Å². The van der Waals surface area contributed by atoms with E-state index in [9.17, 15) is 18.4 Å². The van der Waals surface area contributed by atoms with E-state index in [1.807, 2.05) is 6.26 Å². The summed E-state index contributed by atoms with van der Waals surface area (Å²) in [4.78, 5) is 29.2. The molecule has 1 aromatic heterocycles. The van der Waals surface area contributed by atoms with Gasteiger partial charge in [0.2, 0.25) is 17.7 Å². The van der Waals surface area contributed by atoms with Crippen molar-refractivity contribution < 1.29 is 27.8 Å². The fourth-order valence-electron chi connectivity index (χ4n) is 2.77. The smallest absolute Gasteiger partial charge is 0.414 e. The van der Waals surface area contributed by atoms with E-state index in [-0.39, 0.29) is 11.8 Å². The van der Waals surface area contributed by atoms with Gasteiger partial charge < -0.3 is 25.4 Å². The molecule has 0 spiro atoms. The second kappa shape index (κ2) is 9.02. The molecule has 3 N–H and O–H groups in total. The van der Waals surface area contributed by atoms with E-state index < -0.39 is 37.1 Å². The lowest BCUT2D eigenvalue weighted by molar-refractivity contribution is -0.119. The summed E-state index contributed by atoms with van der Waals surface area (Å²) in [5, 5.41) is 2.41. The summed E-state index contributed by atoms with van der Waals surface area (Å²) in [5.74, 6) is -2.23. The molecule has 1 aliphatic carbocycles. The predicted molar refractivity (Wildman–Crippen MR) is 105 cm³/mol. The van der Waals surface area contributed by atoms with Crippen LogP contribution < -0.4 is 25.4 Å². The Kier molecular flexibility index (Phi) is 6.66. The van der Waals surface area contributed by atoms with Crippen LogP contribution in [0, 0.1) is 5.92 Å². The number of nitrogens with two attached hydrogens (primary N) is 1. The standard InChI is InChI=1S/C18H24F2N4O4S/c1-29-7-6-12(15(21)25)22-17(26)28-14-5-4-13(24-9-18(19,20)10-24)16(23-14)27-8-11-2-3-11/h4-5,11-12H,2-3,6-10H2,1H3,(H2,21,25)(H,22,26)/t12-/m0/s1. The molecule has 160 valence electrons. The van der Waals surface area contributed by atoms with Crippen LogP contribution in [0.25, 0.3) is 0 Å². The number of halogens is 2. The van der Waals surface area contributed by atoms with Gasteiger partial charge in [0.25, 0.3) is 5.92 Å². The summed E-state index contributed by atoms with van der Waals surface area (Å²) in [6.07, 6.45) is 3.48. The van der Waals surface area contributed by atoms with Crippen LogP contribution in [0.3, 0.4) is 0 Å². The van der Waals surface area contributed by atoms with E-state index >= 15 is 0 Å². The van der Waals surface area contributed by atoms with Crippen molar-refractivity contribution in [2.45, 2.75) is 31.2 Å². The highest BCUT2D eigenvalue weighted by atomic mass is 32.2. The fraction of sp³-hybridized carbons (Fsp3) is 0.611. The van der Waals surface area contributed by atoms with Crippen LogP contribution in [0.2, 0.25) is 0 Å². The van der Waals surface area contributed by atoms with Gasteiger partial charge in [0.15, 0.2) is 0 Å². The molecule has 2 fully saturated rings. The summed E-state index contributed by atoms with van der Waals surface area (Å²) in [5.41, 5.74) is 5.72. The van der Waals surface area contributed by atoms with Crippen LogP contribution in [0.15, 0.2) is 12.1 Å². The third-order valence-corrected chi connectivity index (χ3v) is 5.24. The molecule has 8 nitrogen and oxygen atoms in total. The first kappa shape index (κ1) is 21.4. The number of anilines is 1. The molecule has 0 aromatic carbocycles. The minimum absolute atomic E-state index is 0.0579. The van der Waals surface area contributed by atoms with Crippen molar-refractivity contribution in [3.63, 3.8) is 0 Å². The fourth-order valence-corrected chi connectivity index (χ4v) is 3.24. The Hall–Kier alpha value is -2.30. The highest BCUT2D eigenvalue weighted by Crippen LogP contribution is 2.38. The van der Waals surface area contributed by atoms with Gasteiger partial charge in [-0.25, -0.2) is 13.6 Å². The van der Waals surface area contributed by atoms with Crippen molar-refractivity contribution in [2.75, 3.05) is 36.6 Å². The molecule has 2 amide bonds. The topological polar surface area (TPSA) is 107 Å². The lowest BCUT2D eigenvalue weighted by Crippen LogP contribution is -2.56. The van der Waals surface area contributed by atoms with Gasteiger partial charge in [-0.2, -0.15) is 16.7 Å². The molecule has 1 saturated heterocycles. The van der Waals surface area contributed by atoms with Crippen LogP contribution >= 0.6 is 11.8 Å². The van der Waals surface area contributed by atoms with Gasteiger partial charge in [-0.3, -0.25) is 4.79 Å². The minimum atomic E-state index is -2.73. The molecule has 2 aliphatic rings. The lowest BCUT2D eigenvalue weighted by atomic mass is 10.1. The van der Waals surface area contributed by atoms with Gasteiger partial charge in [0.1, 0.15) is 11.7 Å². The number of alkyl halides is 2. The number of thioether (sulfide) groups is 1. The zero-order valence-corrected chi connectivity index (χ0v) is 16.8. The highest BCUT2D eigenvalue weighted by Gasteiger charge is 2.45. The maximum absolute atomic E-state index is 13.2. The number of pyridine rings is 1. The molecule has 3 rings (SSSR count). The second-order valence-corrected chi connectivity index (χ2v) is 8.20. The molecule has 11 heteroatoms. The number of carbonyl (C=O) groups is 2. The monoisotopic (exact) mass is 430 g/mol. The molecule has 1 atom stereocenters. The number of aromatic nitrogens is 1. The van der Waals surface area contributed by atoms with Gasteiger partial charge in [0.05, 0.1) is 19.7 Å². The number of ether oxygens (including phenoxy) is 2. The predicted octanol–water partition coefficient (Wildman–Crippen LogP) is 2.02. The molecule has 1 aliphatic heterocycles. The quantitative estimate of drug-likeness (QED) is 0.585. The number of amides is 2. The molecular weight excluding hydrogens is 406 g/mol. The van der Waals surface area contributed by atoms with E-state index in [0.717, 1.165) is 12.8 Å². The molecular formula is C18H24F2N4O4S. The number of nitrogens with one attached hydrogen (secondary N) is 1. The van der Waals surface area contributed by atoms with Crippen molar-refractivity contribution in [3.05, 3.63) is 12.1 Å². The van der Waals surface area contributed by atoms with Crippen molar-refractivity contribution in [1.82, 2.24) is 10.3 Å². The zero-order valence-electron chi connectivity index (χ0n) is 16.0. The Balaban J connectivity index is 1.65. The molecule has 0 unspecified atom stereocenters. The lowest BCUT2D eigenvalue weighted by Gasteiger charge is -2.40. The van der Waals surface area contributed by atoms with E-state index in [1.54, 1.807) is 0 Å². The minimum Gasteiger partial charge on any atom is -0.476 e. The van der Waals surface area contributed by atoms with E-state index in [4.69, 9.17) is 15.2 Å². The second-order valence-electron chi connectivity index (χ2n) is 7.21. The van der Waals surface area contributed by atoms with Crippen LogP contribution in [0.5, 0.6) is 11.8 Å². The maximum atomic E-state index is 13.2. The number of primary amides is 1. The number of nitrogens with zero attached hydrogens (tertiary/aromatic N) is 2. The van der Waals surface area contributed by atoms with Gasteiger partial charge in [-0.15, -0.1) is 0 Å². The molecule has 29 heavy (non-hydrogen) atoms. The number of carbonyl (C=O) groups excluding carboxylic acids is 2. The Morgan fingerprint density at radius 3 is 2.72 bits per heavy atom. The Morgan fingerprint density at radius 2 is 2.14 bits per heavy atom. The largest absolute Gasteiger partial charge is 0.476 e. The highest BCUT2D eigenvalue weighted by molar-refractivity contribution is 7.98. The average molecular weight is 430 g/mol. The Morgan fingerprint density at radius 1 is 1.41 bits per heavy atom. The Labute approximate surface area is 171 Å². The number of rotatable bonds is 10. The summed E-state index contributed by atoms with van der Waals surface area (Å²) >= 11 is 1.52. The van der Waals surface area contributed by atoms with Crippen molar-refractivity contribution in [2.24, 2.45) is 11.7 Å². The zero-order chi connectivity index (χ0) is 21.0. The van der Waals surface area contributed by atoms with Crippen molar-refractivity contribution >= 4 is 29.4 Å². The van der Waals surface area contributed by atoms with Crippen LogP contribution in [0.4, 0.5) is 19.3 Å². The average Bonchev–Trinajstić information content (AvgIpc) is 3.46. The first-order valence-electron chi connectivity index (χ1n) is 9.30. The molecule has 1 saturated carbocycles. The summed E-state index contributed by atoms with van der Waals surface area (Å²) in [7, 11) is 0. The van der Waals surface area contributed by atoms with Crippen LogP contribution in [0.1, 0.15) is 19.3 Å².